The number of methoxy groups -OCH3 is 2. The van der Waals surface area contributed by atoms with Crippen LogP contribution in [-0.2, 0) is 9.47 Å². The van der Waals surface area contributed by atoms with Gasteiger partial charge in [-0.15, -0.1) is 0 Å². The SMILES string of the molecule is COC(OC)C(C)NC(N)=O. The van der Waals surface area contributed by atoms with Crippen molar-refractivity contribution in [3.05, 3.63) is 0 Å². The standard InChI is InChI=1S/C6H14N2O3/c1-4(8-6(7)9)5(10-2)11-3/h4-5H,1-3H3,(H3,7,8,9). The Morgan fingerprint density at radius 1 is 1.45 bits per heavy atom. The predicted molar refractivity (Wildman–Crippen MR) is 40.0 cm³/mol. The maximum Gasteiger partial charge on any atom is 0.312 e. The van der Waals surface area contributed by atoms with Crippen LogP contribution >= 0.6 is 0 Å². The Balaban J connectivity index is 3.78. The normalized spacial score (nSPS) is 13.1. The molecular weight excluding hydrogens is 148 g/mol. The molecule has 0 heterocycles. The summed E-state index contributed by atoms with van der Waals surface area (Å²) in [6, 6.07) is -0.834. The maximum atomic E-state index is 10.3. The van der Waals surface area contributed by atoms with Crippen molar-refractivity contribution in [2.75, 3.05) is 14.2 Å². The zero-order valence-corrected chi connectivity index (χ0v) is 6.96. The first kappa shape index (κ1) is 10.2. The maximum absolute atomic E-state index is 10.3. The molecule has 3 N–H and O–H groups in total. The summed E-state index contributed by atoms with van der Waals surface area (Å²) < 4.78 is 9.74. The van der Waals surface area contributed by atoms with Gasteiger partial charge in [-0.3, -0.25) is 0 Å². The van der Waals surface area contributed by atoms with E-state index in [-0.39, 0.29) is 6.04 Å². The van der Waals surface area contributed by atoms with Crippen LogP contribution in [0.1, 0.15) is 6.92 Å². The number of nitrogens with one attached hydrogen (secondary N) is 1. The summed E-state index contributed by atoms with van der Waals surface area (Å²) in [5.41, 5.74) is 4.88. The average Bonchev–Trinajstić information content (AvgIpc) is 1.88. The fourth-order valence-corrected chi connectivity index (χ4v) is 0.797. The summed E-state index contributed by atoms with van der Waals surface area (Å²) in [5, 5.41) is 2.43. The lowest BCUT2D eigenvalue weighted by molar-refractivity contribution is -0.117. The number of nitrogens with two attached hydrogens (primary N) is 1. The van der Waals surface area contributed by atoms with Crippen LogP contribution in [0.4, 0.5) is 4.79 Å². The van der Waals surface area contributed by atoms with Gasteiger partial charge in [-0.2, -0.15) is 0 Å². The minimum atomic E-state index is -0.586. The van der Waals surface area contributed by atoms with Crippen LogP contribution in [0.25, 0.3) is 0 Å². The smallest absolute Gasteiger partial charge is 0.312 e. The van der Waals surface area contributed by atoms with Gasteiger partial charge in [0.2, 0.25) is 0 Å². The third-order valence-electron chi connectivity index (χ3n) is 1.24. The van der Waals surface area contributed by atoms with Gasteiger partial charge in [-0.05, 0) is 6.92 Å². The van der Waals surface area contributed by atoms with Crippen molar-refractivity contribution < 1.29 is 14.3 Å². The zero-order valence-electron chi connectivity index (χ0n) is 6.96. The molecule has 0 radical (unpaired) electrons. The molecule has 0 aliphatic carbocycles. The zero-order chi connectivity index (χ0) is 8.85. The van der Waals surface area contributed by atoms with Crippen molar-refractivity contribution in [2.24, 2.45) is 5.73 Å². The number of hydrogen-bond donors (Lipinski definition) is 2. The number of primary amides is 1. The fourth-order valence-electron chi connectivity index (χ4n) is 0.797. The second kappa shape index (κ2) is 4.92. The van der Waals surface area contributed by atoms with E-state index in [4.69, 9.17) is 15.2 Å². The molecule has 66 valence electrons. The first-order chi connectivity index (χ1) is 5.11. The molecule has 0 saturated carbocycles. The van der Waals surface area contributed by atoms with E-state index >= 15 is 0 Å². The summed E-state index contributed by atoms with van der Waals surface area (Å²) in [4.78, 5) is 10.3. The van der Waals surface area contributed by atoms with Crippen molar-refractivity contribution in [1.82, 2.24) is 5.32 Å². The summed E-state index contributed by atoms with van der Waals surface area (Å²) in [7, 11) is 2.99. The Kier molecular flexibility index (Phi) is 4.56. The Bertz CT molecular complexity index is 125. The molecule has 0 bridgehead atoms. The minimum Gasteiger partial charge on any atom is -0.354 e. The Labute approximate surface area is 65.8 Å². The van der Waals surface area contributed by atoms with E-state index in [0.29, 0.717) is 0 Å². The lowest BCUT2D eigenvalue weighted by Gasteiger charge is -2.20. The molecular formula is C6H14N2O3. The number of hydrogen-bond acceptors (Lipinski definition) is 3. The average molecular weight is 162 g/mol. The number of rotatable bonds is 4. The van der Waals surface area contributed by atoms with Gasteiger partial charge in [0.25, 0.3) is 0 Å². The van der Waals surface area contributed by atoms with E-state index in [9.17, 15) is 4.79 Å². The van der Waals surface area contributed by atoms with E-state index in [2.05, 4.69) is 5.32 Å². The monoisotopic (exact) mass is 162 g/mol. The van der Waals surface area contributed by atoms with Gasteiger partial charge in [0.15, 0.2) is 6.29 Å². The lowest BCUT2D eigenvalue weighted by atomic mass is 10.3. The molecule has 5 heteroatoms. The van der Waals surface area contributed by atoms with Crippen molar-refractivity contribution in [3.63, 3.8) is 0 Å². The van der Waals surface area contributed by atoms with E-state index in [0.717, 1.165) is 0 Å². The Morgan fingerprint density at radius 3 is 2.18 bits per heavy atom. The number of carbonyl (C=O) groups excluding carboxylic acids is 1. The van der Waals surface area contributed by atoms with Crippen LogP contribution in [-0.4, -0.2) is 32.6 Å². The topological polar surface area (TPSA) is 73.6 Å². The molecule has 5 nitrogen and oxygen atoms in total. The fraction of sp³-hybridized carbons (Fsp3) is 0.833. The summed E-state index contributed by atoms with van der Waals surface area (Å²) >= 11 is 0. The molecule has 0 fully saturated rings. The highest BCUT2D eigenvalue weighted by molar-refractivity contribution is 5.71. The third kappa shape index (κ3) is 3.79. The lowest BCUT2D eigenvalue weighted by Crippen LogP contribution is -2.45. The molecule has 0 aromatic rings. The van der Waals surface area contributed by atoms with Crippen molar-refractivity contribution >= 4 is 6.03 Å². The van der Waals surface area contributed by atoms with E-state index in [1.54, 1.807) is 6.92 Å². The molecule has 0 aliphatic rings. The van der Waals surface area contributed by atoms with Gasteiger partial charge >= 0.3 is 6.03 Å². The van der Waals surface area contributed by atoms with Crippen LogP contribution in [0, 0.1) is 0 Å². The van der Waals surface area contributed by atoms with Crippen LogP contribution in [0.2, 0.25) is 0 Å². The van der Waals surface area contributed by atoms with Gasteiger partial charge in [0.1, 0.15) is 0 Å². The molecule has 1 unspecified atom stereocenters. The van der Waals surface area contributed by atoms with Gasteiger partial charge in [-0.25, -0.2) is 4.79 Å². The molecule has 0 aromatic heterocycles. The summed E-state index contributed by atoms with van der Waals surface area (Å²) in [5.74, 6) is 0. The van der Waals surface area contributed by atoms with Crippen molar-refractivity contribution in [1.29, 1.82) is 0 Å². The quantitative estimate of drug-likeness (QED) is 0.555. The van der Waals surface area contributed by atoms with Gasteiger partial charge < -0.3 is 20.5 Å². The molecule has 0 aliphatic heterocycles. The Hall–Kier alpha value is -0.810. The number of urea groups is 1. The Morgan fingerprint density at radius 2 is 1.91 bits per heavy atom. The highest BCUT2D eigenvalue weighted by Gasteiger charge is 2.15. The van der Waals surface area contributed by atoms with Crippen LogP contribution in [0.15, 0.2) is 0 Å². The summed E-state index contributed by atoms with van der Waals surface area (Å²) in [6.45, 7) is 1.74. The minimum absolute atomic E-state index is 0.248. The molecule has 2 amide bonds. The van der Waals surface area contributed by atoms with Crippen LogP contribution < -0.4 is 11.1 Å². The predicted octanol–water partition coefficient (Wildman–Crippen LogP) is -0.338. The van der Waals surface area contributed by atoms with Crippen LogP contribution in [0.5, 0.6) is 0 Å². The summed E-state index contributed by atoms with van der Waals surface area (Å²) in [6.07, 6.45) is -0.456. The molecule has 1 atom stereocenters. The van der Waals surface area contributed by atoms with Crippen molar-refractivity contribution in [3.8, 4) is 0 Å². The van der Waals surface area contributed by atoms with Gasteiger partial charge in [0.05, 0.1) is 6.04 Å². The molecule has 0 aromatic carbocycles. The first-order valence-corrected chi connectivity index (χ1v) is 3.23. The molecule has 0 spiro atoms. The van der Waals surface area contributed by atoms with Gasteiger partial charge in [-0.1, -0.05) is 0 Å². The van der Waals surface area contributed by atoms with Crippen LogP contribution in [0.3, 0.4) is 0 Å². The highest BCUT2D eigenvalue weighted by Crippen LogP contribution is 1.97. The number of amides is 2. The van der Waals surface area contributed by atoms with E-state index in [1.807, 2.05) is 0 Å². The largest absolute Gasteiger partial charge is 0.354 e. The number of carbonyl (C=O) groups is 1. The first-order valence-electron chi connectivity index (χ1n) is 3.23. The third-order valence-corrected chi connectivity index (χ3v) is 1.24. The molecule has 0 saturated heterocycles. The highest BCUT2D eigenvalue weighted by atomic mass is 16.7. The van der Waals surface area contributed by atoms with E-state index < -0.39 is 12.3 Å². The molecule has 11 heavy (non-hydrogen) atoms. The molecule has 0 rings (SSSR count). The number of ether oxygens (including phenoxy) is 2. The van der Waals surface area contributed by atoms with E-state index in [1.165, 1.54) is 14.2 Å². The second-order valence-corrected chi connectivity index (χ2v) is 2.14. The van der Waals surface area contributed by atoms with Crippen molar-refractivity contribution in [2.45, 2.75) is 19.3 Å². The second-order valence-electron chi connectivity index (χ2n) is 2.14. The van der Waals surface area contributed by atoms with Gasteiger partial charge in [0, 0.05) is 14.2 Å².